The van der Waals surface area contributed by atoms with Gasteiger partial charge in [-0.25, -0.2) is 4.68 Å². The van der Waals surface area contributed by atoms with Crippen molar-refractivity contribution in [1.82, 2.24) is 14.8 Å². The molecule has 1 amide bonds. The summed E-state index contributed by atoms with van der Waals surface area (Å²) in [5.74, 6) is 0.451. The lowest BCUT2D eigenvalue weighted by molar-refractivity contribution is -0.115. The van der Waals surface area contributed by atoms with Crippen LogP contribution in [0.2, 0.25) is 5.02 Å². The number of carbonyl (C=O) groups is 1. The summed E-state index contributed by atoms with van der Waals surface area (Å²) in [6, 6.07) is 13.2. The Morgan fingerprint density at radius 3 is 2.74 bits per heavy atom. The molecular formula is C19H16ClN5O2. The molecular weight excluding hydrogens is 366 g/mol. The molecule has 4 N–H and O–H groups in total. The summed E-state index contributed by atoms with van der Waals surface area (Å²) >= 11 is 6.08. The molecule has 1 aromatic heterocycles. The van der Waals surface area contributed by atoms with Crippen molar-refractivity contribution >= 4 is 23.5 Å². The van der Waals surface area contributed by atoms with Crippen LogP contribution in [0.5, 0.6) is 5.75 Å². The number of halogens is 1. The number of amides is 1. The van der Waals surface area contributed by atoms with Gasteiger partial charge >= 0.3 is 0 Å². The quantitative estimate of drug-likeness (QED) is 0.646. The number of benzene rings is 2. The van der Waals surface area contributed by atoms with Crippen LogP contribution in [0.25, 0.3) is 11.4 Å². The molecule has 4 rings (SSSR count). The second-order valence-electron chi connectivity index (χ2n) is 6.24. The summed E-state index contributed by atoms with van der Waals surface area (Å²) in [7, 11) is 0. The van der Waals surface area contributed by atoms with Crippen LogP contribution in [0.4, 0.5) is 5.95 Å². The van der Waals surface area contributed by atoms with Crippen LogP contribution in [0.3, 0.4) is 0 Å². The first-order chi connectivity index (χ1) is 12.9. The number of nitrogens with zero attached hydrogens (tertiary/aromatic N) is 3. The molecule has 1 unspecified atom stereocenters. The summed E-state index contributed by atoms with van der Waals surface area (Å²) in [4.78, 5) is 16.7. The number of carbonyl (C=O) groups excluding carboxylic acids is 1. The fourth-order valence-electron chi connectivity index (χ4n) is 3.22. The number of anilines is 1. The van der Waals surface area contributed by atoms with Crippen LogP contribution in [0.15, 0.2) is 59.8 Å². The minimum atomic E-state index is -0.605. The van der Waals surface area contributed by atoms with E-state index in [-0.39, 0.29) is 5.75 Å². The number of allylic oxidation sites excluding steroid dienone is 1. The average molecular weight is 382 g/mol. The van der Waals surface area contributed by atoms with Crippen molar-refractivity contribution < 1.29 is 9.90 Å². The van der Waals surface area contributed by atoms with E-state index in [9.17, 15) is 9.90 Å². The first kappa shape index (κ1) is 17.1. The molecule has 0 saturated heterocycles. The number of aromatic nitrogens is 3. The number of primary amides is 1. The van der Waals surface area contributed by atoms with E-state index in [0.29, 0.717) is 33.6 Å². The second-order valence-corrected chi connectivity index (χ2v) is 6.68. The molecule has 1 atom stereocenters. The maximum Gasteiger partial charge on any atom is 0.248 e. The third kappa shape index (κ3) is 3.02. The molecule has 7 nitrogen and oxygen atoms in total. The van der Waals surface area contributed by atoms with Crippen molar-refractivity contribution in [2.24, 2.45) is 5.73 Å². The van der Waals surface area contributed by atoms with Crippen LogP contribution in [-0.4, -0.2) is 25.8 Å². The second kappa shape index (κ2) is 6.44. The van der Waals surface area contributed by atoms with E-state index in [1.54, 1.807) is 48.0 Å². The predicted molar refractivity (Wildman–Crippen MR) is 102 cm³/mol. The van der Waals surface area contributed by atoms with Gasteiger partial charge in [-0.15, -0.1) is 5.10 Å². The zero-order chi connectivity index (χ0) is 19.1. The topological polar surface area (TPSA) is 106 Å². The third-order valence-electron chi connectivity index (χ3n) is 4.39. The van der Waals surface area contributed by atoms with Crippen LogP contribution < -0.4 is 11.1 Å². The Morgan fingerprint density at radius 1 is 1.26 bits per heavy atom. The number of phenols is 1. The number of aromatic hydroxyl groups is 1. The number of hydrogen-bond acceptors (Lipinski definition) is 5. The predicted octanol–water partition coefficient (Wildman–Crippen LogP) is 3.08. The molecule has 27 heavy (non-hydrogen) atoms. The summed E-state index contributed by atoms with van der Waals surface area (Å²) in [5.41, 5.74) is 8.01. The molecule has 0 fully saturated rings. The minimum absolute atomic E-state index is 0.0873. The van der Waals surface area contributed by atoms with E-state index in [1.807, 2.05) is 12.1 Å². The van der Waals surface area contributed by atoms with Gasteiger partial charge in [0, 0.05) is 16.3 Å². The lowest BCUT2D eigenvalue weighted by Crippen LogP contribution is -2.31. The standard InChI is InChI=1S/C19H16ClN5O2/c1-10-15(17(21)27)16(11-4-3-7-14(26)9-11)25-19(22-10)23-18(24-25)12-5-2-6-13(20)8-12/h2-9,16,26H,1H3,(H2,21,27)(H,22,23,24). The zero-order valence-corrected chi connectivity index (χ0v) is 15.1. The van der Waals surface area contributed by atoms with Crippen molar-refractivity contribution in [2.45, 2.75) is 13.0 Å². The molecule has 1 aliphatic rings. The van der Waals surface area contributed by atoms with Crippen LogP contribution in [-0.2, 0) is 4.79 Å². The maximum atomic E-state index is 12.1. The van der Waals surface area contributed by atoms with Gasteiger partial charge in [-0.05, 0) is 36.8 Å². The van der Waals surface area contributed by atoms with Gasteiger partial charge in [-0.3, -0.25) is 4.79 Å². The van der Waals surface area contributed by atoms with E-state index in [0.717, 1.165) is 5.56 Å². The molecule has 8 heteroatoms. The van der Waals surface area contributed by atoms with Crippen molar-refractivity contribution in [3.05, 3.63) is 70.4 Å². The van der Waals surface area contributed by atoms with E-state index in [4.69, 9.17) is 17.3 Å². The van der Waals surface area contributed by atoms with Gasteiger partial charge in [-0.1, -0.05) is 35.9 Å². The van der Waals surface area contributed by atoms with Gasteiger partial charge < -0.3 is 16.2 Å². The van der Waals surface area contributed by atoms with Crippen molar-refractivity contribution in [3.8, 4) is 17.1 Å². The summed E-state index contributed by atoms with van der Waals surface area (Å²) in [5, 5.41) is 18.1. The molecule has 136 valence electrons. The Balaban J connectivity index is 1.90. The van der Waals surface area contributed by atoms with E-state index >= 15 is 0 Å². The summed E-state index contributed by atoms with van der Waals surface area (Å²) in [6.07, 6.45) is 0. The number of rotatable bonds is 3. The molecule has 0 spiro atoms. The Bertz CT molecular complexity index is 1090. The van der Waals surface area contributed by atoms with Crippen LogP contribution in [0, 0.1) is 0 Å². The number of fused-ring (bicyclic) bond motifs is 1. The Labute approximate surface area is 160 Å². The van der Waals surface area contributed by atoms with Gasteiger partial charge in [0.1, 0.15) is 11.8 Å². The highest BCUT2D eigenvalue weighted by Gasteiger charge is 2.33. The number of phenolic OH excluding ortho intramolecular Hbond substituents is 1. The van der Waals surface area contributed by atoms with Crippen LogP contribution in [0.1, 0.15) is 18.5 Å². The van der Waals surface area contributed by atoms with Crippen molar-refractivity contribution in [3.63, 3.8) is 0 Å². The highest BCUT2D eigenvalue weighted by atomic mass is 35.5. The minimum Gasteiger partial charge on any atom is -0.508 e. The first-order valence-corrected chi connectivity index (χ1v) is 8.61. The SMILES string of the molecule is CC1=C(C(N)=O)C(c2cccc(O)c2)n2nc(-c3cccc(Cl)c3)nc2N1. The van der Waals surface area contributed by atoms with Gasteiger partial charge in [0.2, 0.25) is 11.9 Å². The van der Waals surface area contributed by atoms with Crippen molar-refractivity contribution in [1.29, 1.82) is 0 Å². The molecule has 2 aromatic carbocycles. The van der Waals surface area contributed by atoms with Gasteiger partial charge in [-0.2, -0.15) is 4.98 Å². The van der Waals surface area contributed by atoms with Crippen molar-refractivity contribution in [2.75, 3.05) is 5.32 Å². The highest BCUT2D eigenvalue weighted by molar-refractivity contribution is 6.30. The third-order valence-corrected chi connectivity index (χ3v) is 4.62. The summed E-state index contributed by atoms with van der Waals surface area (Å²) in [6.45, 7) is 1.76. The Morgan fingerprint density at radius 2 is 2.04 bits per heavy atom. The van der Waals surface area contributed by atoms with Gasteiger partial charge in [0.05, 0.1) is 5.57 Å². The number of hydrogen-bond donors (Lipinski definition) is 3. The van der Waals surface area contributed by atoms with E-state index in [1.165, 1.54) is 0 Å². The molecule has 0 aliphatic carbocycles. The Hall–Kier alpha value is -3.32. The molecule has 0 bridgehead atoms. The van der Waals surface area contributed by atoms with E-state index in [2.05, 4.69) is 15.4 Å². The number of nitrogens with two attached hydrogens (primary N) is 1. The Kier molecular flexibility index (Phi) is 4.08. The van der Waals surface area contributed by atoms with Crippen LogP contribution >= 0.6 is 11.6 Å². The number of nitrogens with one attached hydrogen (secondary N) is 1. The maximum absolute atomic E-state index is 12.1. The largest absolute Gasteiger partial charge is 0.508 e. The average Bonchev–Trinajstić information content (AvgIpc) is 3.03. The highest BCUT2D eigenvalue weighted by Crippen LogP contribution is 2.37. The lowest BCUT2D eigenvalue weighted by Gasteiger charge is -2.27. The fraction of sp³-hybridized carbons (Fsp3) is 0.105. The lowest BCUT2D eigenvalue weighted by atomic mass is 9.95. The summed E-state index contributed by atoms with van der Waals surface area (Å²) < 4.78 is 1.60. The molecule has 0 saturated carbocycles. The van der Waals surface area contributed by atoms with Gasteiger partial charge in [0.25, 0.3) is 0 Å². The molecule has 2 heterocycles. The fourth-order valence-corrected chi connectivity index (χ4v) is 3.41. The smallest absolute Gasteiger partial charge is 0.248 e. The first-order valence-electron chi connectivity index (χ1n) is 8.23. The normalized spacial score (nSPS) is 16.0. The molecule has 3 aromatic rings. The van der Waals surface area contributed by atoms with Gasteiger partial charge in [0.15, 0.2) is 5.82 Å². The molecule has 0 radical (unpaired) electrons. The monoisotopic (exact) mass is 381 g/mol. The van der Waals surface area contributed by atoms with E-state index < -0.39 is 11.9 Å². The molecule has 1 aliphatic heterocycles. The zero-order valence-electron chi connectivity index (χ0n) is 14.3.